The summed E-state index contributed by atoms with van der Waals surface area (Å²) >= 11 is 12.0. The molecule has 2 atom stereocenters. The summed E-state index contributed by atoms with van der Waals surface area (Å²) in [6, 6.07) is 13.7. The van der Waals surface area contributed by atoms with Crippen molar-refractivity contribution in [3.63, 3.8) is 0 Å². The number of morpholine rings is 1. The second-order valence-electron chi connectivity index (χ2n) is 6.50. The van der Waals surface area contributed by atoms with Gasteiger partial charge in [-0.25, -0.2) is 0 Å². The van der Waals surface area contributed by atoms with Gasteiger partial charge in [0, 0.05) is 16.6 Å². The number of hydrogen-bond donors (Lipinski definition) is 1. The SMILES string of the molecule is O=NCCNC(=O)CN1C(=O)COC(c2ccc(Cl)cc2)C1c1ccc(Cl)cc1. The van der Waals surface area contributed by atoms with Gasteiger partial charge in [0.25, 0.3) is 0 Å². The molecule has 1 heterocycles. The number of benzene rings is 2. The molecule has 1 saturated heterocycles. The highest BCUT2D eigenvalue weighted by molar-refractivity contribution is 6.30. The minimum absolute atomic E-state index is 0.0309. The lowest BCUT2D eigenvalue weighted by molar-refractivity contribution is -0.160. The highest BCUT2D eigenvalue weighted by Crippen LogP contribution is 2.40. The van der Waals surface area contributed by atoms with Crippen molar-refractivity contribution in [1.29, 1.82) is 0 Å². The summed E-state index contributed by atoms with van der Waals surface area (Å²) in [6.07, 6.45) is -0.490. The standard InChI is InChI=1S/C20H19Cl2N3O4/c21-15-5-1-13(2-6-15)19-20(14-3-7-16(22)8-4-14)29-12-18(27)25(19)11-17(26)23-9-10-24-28/h1-8,19-20H,9-12H2,(H,23,26). The van der Waals surface area contributed by atoms with Gasteiger partial charge in [0.15, 0.2) is 0 Å². The van der Waals surface area contributed by atoms with Crippen LogP contribution in [-0.4, -0.2) is 43.0 Å². The summed E-state index contributed by atoms with van der Waals surface area (Å²) in [7, 11) is 0. The first-order valence-electron chi connectivity index (χ1n) is 8.97. The van der Waals surface area contributed by atoms with Crippen LogP contribution < -0.4 is 5.32 Å². The van der Waals surface area contributed by atoms with E-state index in [-0.39, 0.29) is 38.1 Å². The van der Waals surface area contributed by atoms with Crippen LogP contribution in [0.15, 0.2) is 53.7 Å². The Morgan fingerprint density at radius 1 is 1.07 bits per heavy atom. The molecule has 2 amide bonds. The molecule has 0 spiro atoms. The number of halogens is 2. The van der Waals surface area contributed by atoms with Crippen LogP contribution in [0.5, 0.6) is 0 Å². The minimum atomic E-state index is -0.537. The molecule has 1 N–H and O–H groups in total. The molecule has 1 fully saturated rings. The van der Waals surface area contributed by atoms with Crippen molar-refractivity contribution in [1.82, 2.24) is 10.2 Å². The maximum Gasteiger partial charge on any atom is 0.249 e. The van der Waals surface area contributed by atoms with E-state index in [9.17, 15) is 14.5 Å². The number of hydrogen-bond acceptors (Lipinski definition) is 5. The van der Waals surface area contributed by atoms with Gasteiger partial charge in [0.2, 0.25) is 11.8 Å². The van der Waals surface area contributed by atoms with Gasteiger partial charge in [-0.1, -0.05) is 52.6 Å². The Hall–Kier alpha value is -2.48. The Labute approximate surface area is 177 Å². The highest BCUT2D eigenvalue weighted by atomic mass is 35.5. The molecule has 1 aliphatic heterocycles. The fourth-order valence-corrected chi connectivity index (χ4v) is 3.49. The zero-order chi connectivity index (χ0) is 20.8. The van der Waals surface area contributed by atoms with E-state index in [2.05, 4.69) is 10.5 Å². The molecule has 152 valence electrons. The molecule has 7 nitrogen and oxygen atoms in total. The normalized spacial score (nSPS) is 19.1. The van der Waals surface area contributed by atoms with E-state index in [1.54, 1.807) is 36.4 Å². The van der Waals surface area contributed by atoms with E-state index in [1.165, 1.54) is 4.90 Å². The number of ether oxygens (including phenoxy) is 1. The number of nitrogens with one attached hydrogen (secondary N) is 1. The van der Waals surface area contributed by atoms with Crippen LogP contribution >= 0.6 is 23.2 Å². The molecule has 2 unspecified atom stereocenters. The van der Waals surface area contributed by atoms with Crippen LogP contribution in [0.4, 0.5) is 0 Å². The maximum atomic E-state index is 12.6. The summed E-state index contributed by atoms with van der Waals surface area (Å²) in [5, 5.41) is 6.45. The summed E-state index contributed by atoms with van der Waals surface area (Å²) in [6.45, 7) is -0.233. The fourth-order valence-electron chi connectivity index (χ4n) is 3.24. The third-order valence-electron chi connectivity index (χ3n) is 4.58. The fraction of sp³-hybridized carbons (Fsp3) is 0.300. The molecule has 3 rings (SSSR count). The van der Waals surface area contributed by atoms with Gasteiger partial charge in [-0.05, 0) is 35.4 Å². The number of carbonyl (C=O) groups excluding carboxylic acids is 2. The Bertz CT molecular complexity index is 874. The smallest absolute Gasteiger partial charge is 0.249 e. The second kappa shape index (κ2) is 9.82. The molecule has 0 saturated carbocycles. The van der Waals surface area contributed by atoms with Crippen molar-refractivity contribution in [2.24, 2.45) is 5.18 Å². The van der Waals surface area contributed by atoms with E-state index >= 15 is 0 Å². The molecule has 2 aromatic rings. The van der Waals surface area contributed by atoms with E-state index in [0.29, 0.717) is 10.0 Å². The Kier molecular flexibility index (Phi) is 7.19. The summed E-state index contributed by atoms with van der Waals surface area (Å²) in [4.78, 5) is 36.7. The molecule has 0 radical (unpaired) electrons. The average Bonchev–Trinajstić information content (AvgIpc) is 2.71. The molecule has 29 heavy (non-hydrogen) atoms. The third-order valence-corrected chi connectivity index (χ3v) is 5.08. The second-order valence-corrected chi connectivity index (χ2v) is 7.38. The first-order chi connectivity index (χ1) is 14.0. The summed E-state index contributed by atoms with van der Waals surface area (Å²) < 4.78 is 5.87. The van der Waals surface area contributed by atoms with Crippen molar-refractivity contribution in [2.45, 2.75) is 12.1 Å². The monoisotopic (exact) mass is 435 g/mol. The van der Waals surface area contributed by atoms with Crippen molar-refractivity contribution in [2.75, 3.05) is 26.2 Å². The first kappa shape index (κ1) is 21.2. The third kappa shape index (κ3) is 5.32. The molecular weight excluding hydrogens is 417 g/mol. The first-order valence-corrected chi connectivity index (χ1v) is 9.73. The van der Waals surface area contributed by atoms with Crippen molar-refractivity contribution >= 4 is 35.0 Å². The maximum absolute atomic E-state index is 12.6. The average molecular weight is 436 g/mol. The van der Waals surface area contributed by atoms with Gasteiger partial charge in [-0.2, -0.15) is 4.91 Å². The predicted octanol–water partition coefficient (Wildman–Crippen LogP) is 3.52. The lowest BCUT2D eigenvalue weighted by atomic mass is 9.92. The molecule has 0 aliphatic carbocycles. The van der Waals surface area contributed by atoms with E-state index in [1.807, 2.05) is 12.1 Å². The lowest BCUT2D eigenvalue weighted by Crippen LogP contribution is -2.49. The number of rotatable bonds is 7. The highest BCUT2D eigenvalue weighted by Gasteiger charge is 2.39. The van der Waals surface area contributed by atoms with Crippen LogP contribution in [0.2, 0.25) is 10.0 Å². The van der Waals surface area contributed by atoms with Gasteiger partial charge in [-0.3, -0.25) is 9.59 Å². The quantitative estimate of drug-likeness (QED) is 0.532. The Morgan fingerprint density at radius 2 is 1.66 bits per heavy atom. The number of amides is 2. The zero-order valence-electron chi connectivity index (χ0n) is 15.4. The van der Waals surface area contributed by atoms with Crippen molar-refractivity contribution < 1.29 is 14.3 Å². The van der Waals surface area contributed by atoms with E-state index in [0.717, 1.165) is 11.1 Å². The van der Waals surface area contributed by atoms with Gasteiger partial charge in [0.05, 0.1) is 12.6 Å². The topological polar surface area (TPSA) is 88.1 Å². The summed E-state index contributed by atoms with van der Waals surface area (Å²) in [5.41, 5.74) is 1.61. The molecular formula is C20H19Cl2N3O4. The van der Waals surface area contributed by atoms with Gasteiger partial charge >= 0.3 is 0 Å². The van der Waals surface area contributed by atoms with E-state index in [4.69, 9.17) is 27.9 Å². The largest absolute Gasteiger partial charge is 0.361 e. The number of carbonyl (C=O) groups is 2. The van der Waals surface area contributed by atoms with Crippen LogP contribution in [0.3, 0.4) is 0 Å². The number of nitroso groups, excluding NO2 is 1. The molecule has 1 aliphatic rings. The molecule has 0 aromatic heterocycles. The minimum Gasteiger partial charge on any atom is -0.361 e. The van der Waals surface area contributed by atoms with Gasteiger partial charge in [0.1, 0.15) is 19.3 Å². The molecule has 9 heteroatoms. The number of nitrogens with zero attached hydrogens (tertiary/aromatic N) is 2. The van der Waals surface area contributed by atoms with Gasteiger partial charge < -0.3 is 15.0 Å². The van der Waals surface area contributed by atoms with E-state index < -0.39 is 12.1 Å². The van der Waals surface area contributed by atoms with Crippen LogP contribution in [-0.2, 0) is 14.3 Å². The van der Waals surface area contributed by atoms with Crippen LogP contribution in [0.1, 0.15) is 23.3 Å². The van der Waals surface area contributed by atoms with Crippen LogP contribution in [0, 0.1) is 4.91 Å². The molecule has 2 aromatic carbocycles. The van der Waals surface area contributed by atoms with Crippen molar-refractivity contribution in [3.8, 4) is 0 Å². The lowest BCUT2D eigenvalue weighted by Gasteiger charge is -2.41. The molecule has 0 bridgehead atoms. The summed E-state index contributed by atoms with van der Waals surface area (Å²) in [5.74, 6) is -0.684. The van der Waals surface area contributed by atoms with Crippen LogP contribution in [0.25, 0.3) is 0 Å². The Morgan fingerprint density at radius 3 is 2.24 bits per heavy atom. The van der Waals surface area contributed by atoms with Crippen molar-refractivity contribution in [3.05, 3.63) is 74.6 Å². The van der Waals surface area contributed by atoms with Gasteiger partial charge in [-0.15, -0.1) is 0 Å². The Balaban J connectivity index is 1.93. The zero-order valence-corrected chi connectivity index (χ0v) is 16.9. The predicted molar refractivity (Wildman–Crippen MR) is 110 cm³/mol.